The van der Waals surface area contributed by atoms with Gasteiger partial charge in [0.25, 0.3) is 0 Å². The first kappa shape index (κ1) is 13.7. The van der Waals surface area contributed by atoms with Crippen molar-refractivity contribution in [2.45, 2.75) is 40.0 Å². The van der Waals surface area contributed by atoms with E-state index in [0.29, 0.717) is 0 Å². The molecule has 0 heterocycles. The van der Waals surface area contributed by atoms with E-state index in [1.807, 2.05) is 0 Å². The molecule has 0 N–H and O–H groups in total. The van der Waals surface area contributed by atoms with E-state index in [2.05, 4.69) is 48.3 Å². The minimum absolute atomic E-state index is 0.914. The quantitative estimate of drug-likeness (QED) is 0.376. The molecule has 0 aromatic rings. The van der Waals surface area contributed by atoms with E-state index in [9.17, 15) is 0 Å². The predicted octanol–water partition coefficient (Wildman–Crippen LogP) is 3.57. The fourth-order valence-corrected chi connectivity index (χ4v) is 1.89. The average Bonchev–Trinajstić information content (AvgIpc) is 2.18. The van der Waals surface area contributed by atoms with Crippen LogP contribution >= 0.6 is 22.6 Å². The van der Waals surface area contributed by atoms with Gasteiger partial charge in [0, 0.05) is 4.43 Å². The third kappa shape index (κ3) is 7.74. The van der Waals surface area contributed by atoms with Gasteiger partial charge >= 0.3 is 0 Å². The number of nitrogens with zero attached hydrogens (tertiary/aromatic N) is 1. The Morgan fingerprint density at radius 3 is 2.23 bits per heavy atom. The molecule has 0 aliphatic carbocycles. The highest BCUT2D eigenvalue weighted by Crippen LogP contribution is 2.10. The van der Waals surface area contributed by atoms with Gasteiger partial charge in [-0.3, -0.25) is 0 Å². The van der Waals surface area contributed by atoms with Crippen LogP contribution in [0.5, 0.6) is 0 Å². The molecule has 0 aromatic carbocycles. The highest BCUT2D eigenvalue weighted by atomic mass is 127. The number of hydrogen-bond acceptors (Lipinski definition) is 1. The van der Waals surface area contributed by atoms with Crippen molar-refractivity contribution in [1.29, 1.82) is 0 Å². The molecule has 0 aliphatic heterocycles. The summed E-state index contributed by atoms with van der Waals surface area (Å²) < 4.78 is 1.31. The van der Waals surface area contributed by atoms with E-state index in [1.54, 1.807) is 0 Å². The van der Waals surface area contributed by atoms with Crippen LogP contribution in [-0.2, 0) is 0 Å². The van der Waals surface area contributed by atoms with E-state index in [1.165, 1.54) is 43.3 Å². The maximum absolute atomic E-state index is 2.51. The van der Waals surface area contributed by atoms with Crippen molar-refractivity contribution < 1.29 is 0 Å². The van der Waals surface area contributed by atoms with Crippen LogP contribution in [0.25, 0.3) is 0 Å². The second kappa shape index (κ2) is 9.25. The smallest absolute Gasteiger partial charge is 0.00210 e. The largest absolute Gasteiger partial charge is 0.304 e. The first-order valence-electron chi connectivity index (χ1n) is 5.52. The van der Waals surface area contributed by atoms with Crippen LogP contribution in [0, 0.1) is 5.92 Å². The summed E-state index contributed by atoms with van der Waals surface area (Å²) in [6.07, 6.45) is 4.19. The SMILES string of the molecule is CCN(CC)CCCCC(C)CI. The molecule has 1 atom stereocenters. The Labute approximate surface area is 97.4 Å². The van der Waals surface area contributed by atoms with Crippen LogP contribution < -0.4 is 0 Å². The molecule has 0 saturated carbocycles. The van der Waals surface area contributed by atoms with E-state index in [-0.39, 0.29) is 0 Å². The van der Waals surface area contributed by atoms with Gasteiger partial charge in [-0.05, 0) is 38.4 Å². The zero-order valence-corrected chi connectivity index (χ0v) is 11.5. The maximum atomic E-state index is 2.51. The van der Waals surface area contributed by atoms with Crippen LogP contribution in [0.4, 0.5) is 0 Å². The molecule has 0 bridgehead atoms. The molecule has 0 saturated heterocycles. The van der Waals surface area contributed by atoms with Crippen molar-refractivity contribution in [2.24, 2.45) is 5.92 Å². The molecule has 80 valence electrons. The van der Waals surface area contributed by atoms with Crippen LogP contribution in [0.15, 0.2) is 0 Å². The summed E-state index contributed by atoms with van der Waals surface area (Å²) in [6, 6.07) is 0. The van der Waals surface area contributed by atoms with Crippen molar-refractivity contribution >= 4 is 22.6 Å². The van der Waals surface area contributed by atoms with Gasteiger partial charge in [0.05, 0.1) is 0 Å². The minimum Gasteiger partial charge on any atom is -0.304 e. The summed E-state index contributed by atoms with van der Waals surface area (Å²) in [7, 11) is 0. The van der Waals surface area contributed by atoms with E-state index in [4.69, 9.17) is 0 Å². The molecule has 13 heavy (non-hydrogen) atoms. The molecule has 0 radical (unpaired) electrons. The maximum Gasteiger partial charge on any atom is 0.00210 e. The molecule has 1 unspecified atom stereocenters. The Balaban J connectivity index is 3.23. The summed E-state index contributed by atoms with van der Waals surface area (Å²) in [5, 5.41) is 0. The Bertz CT molecular complexity index is 102. The second-order valence-corrected chi connectivity index (χ2v) is 4.66. The molecule has 0 aromatic heterocycles. The average molecular weight is 297 g/mol. The standard InChI is InChI=1S/C11H24IN/c1-4-13(5-2)9-7-6-8-11(3)10-12/h11H,4-10H2,1-3H3. The fraction of sp³-hybridized carbons (Fsp3) is 1.00. The Morgan fingerprint density at radius 2 is 1.77 bits per heavy atom. The first-order chi connectivity index (χ1) is 6.24. The molecule has 2 heteroatoms. The molecule has 0 aliphatic rings. The zero-order valence-electron chi connectivity index (χ0n) is 9.35. The lowest BCUT2D eigenvalue weighted by molar-refractivity contribution is 0.293. The molecule has 1 nitrogen and oxygen atoms in total. The van der Waals surface area contributed by atoms with E-state index in [0.717, 1.165) is 5.92 Å². The molecular formula is C11H24IN. The molecule has 0 amide bonds. The Kier molecular flexibility index (Phi) is 9.74. The van der Waals surface area contributed by atoms with Gasteiger partial charge in [-0.1, -0.05) is 49.8 Å². The summed E-state index contributed by atoms with van der Waals surface area (Å²) >= 11 is 2.48. The van der Waals surface area contributed by atoms with Gasteiger partial charge in [-0.15, -0.1) is 0 Å². The lowest BCUT2D eigenvalue weighted by Crippen LogP contribution is -2.23. The predicted molar refractivity (Wildman–Crippen MR) is 69.7 cm³/mol. The van der Waals surface area contributed by atoms with E-state index >= 15 is 0 Å². The minimum atomic E-state index is 0.914. The van der Waals surface area contributed by atoms with Gasteiger partial charge in [-0.2, -0.15) is 0 Å². The number of rotatable bonds is 8. The van der Waals surface area contributed by atoms with Crippen molar-refractivity contribution in [1.82, 2.24) is 4.90 Å². The third-order valence-electron chi connectivity index (χ3n) is 2.58. The normalized spacial score (nSPS) is 13.6. The highest BCUT2D eigenvalue weighted by molar-refractivity contribution is 14.1. The summed E-state index contributed by atoms with van der Waals surface area (Å²) in [5.41, 5.74) is 0. The van der Waals surface area contributed by atoms with Crippen LogP contribution in [0.1, 0.15) is 40.0 Å². The topological polar surface area (TPSA) is 3.24 Å². The van der Waals surface area contributed by atoms with Crippen LogP contribution in [0.3, 0.4) is 0 Å². The number of hydrogen-bond donors (Lipinski definition) is 0. The summed E-state index contributed by atoms with van der Waals surface area (Å²) in [6.45, 7) is 10.6. The Hall–Kier alpha value is 0.690. The van der Waals surface area contributed by atoms with Gasteiger partial charge in [0.15, 0.2) is 0 Å². The number of alkyl halides is 1. The lowest BCUT2D eigenvalue weighted by atomic mass is 10.1. The van der Waals surface area contributed by atoms with Crippen molar-refractivity contribution in [3.8, 4) is 0 Å². The van der Waals surface area contributed by atoms with Crippen LogP contribution in [0.2, 0.25) is 0 Å². The monoisotopic (exact) mass is 297 g/mol. The second-order valence-electron chi connectivity index (χ2n) is 3.78. The molecule has 0 spiro atoms. The lowest BCUT2D eigenvalue weighted by Gasteiger charge is -2.17. The summed E-state index contributed by atoms with van der Waals surface area (Å²) in [4.78, 5) is 2.51. The van der Waals surface area contributed by atoms with Gasteiger partial charge < -0.3 is 4.90 Å². The van der Waals surface area contributed by atoms with Gasteiger partial charge in [0.2, 0.25) is 0 Å². The number of halogens is 1. The fourth-order valence-electron chi connectivity index (χ4n) is 1.45. The van der Waals surface area contributed by atoms with Crippen LogP contribution in [-0.4, -0.2) is 29.0 Å². The Morgan fingerprint density at radius 1 is 1.15 bits per heavy atom. The van der Waals surface area contributed by atoms with Gasteiger partial charge in [0.1, 0.15) is 0 Å². The van der Waals surface area contributed by atoms with Crippen molar-refractivity contribution in [2.75, 3.05) is 24.1 Å². The first-order valence-corrected chi connectivity index (χ1v) is 7.05. The molecule has 0 fully saturated rings. The van der Waals surface area contributed by atoms with E-state index < -0.39 is 0 Å². The zero-order chi connectivity index (χ0) is 10.1. The summed E-state index contributed by atoms with van der Waals surface area (Å²) in [5.74, 6) is 0.914. The van der Waals surface area contributed by atoms with Crippen molar-refractivity contribution in [3.63, 3.8) is 0 Å². The molecule has 0 rings (SSSR count). The highest BCUT2D eigenvalue weighted by Gasteiger charge is 2.01. The number of unbranched alkanes of at least 4 members (excludes halogenated alkanes) is 1. The third-order valence-corrected chi connectivity index (χ3v) is 4.08. The van der Waals surface area contributed by atoms with Crippen molar-refractivity contribution in [3.05, 3.63) is 0 Å². The van der Waals surface area contributed by atoms with Gasteiger partial charge in [-0.25, -0.2) is 0 Å². The molecular weight excluding hydrogens is 273 g/mol.